The molecule has 0 atom stereocenters. The van der Waals surface area contributed by atoms with Crippen LogP contribution in [0.15, 0.2) is 18.2 Å². The summed E-state index contributed by atoms with van der Waals surface area (Å²) in [6.07, 6.45) is 6.68. The van der Waals surface area contributed by atoms with Crippen LogP contribution in [0.4, 0.5) is 0 Å². The Hall–Kier alpha value is -2.10. The van der Waals surface area contributed by atoms with Gasteiger partial charge in [-0.2, -0.15) is 5.26 Å². The molecule has 5 rings (SSSR count). The predicted octanol–water partition coefficient (Wildman–Crippen LogP) is 3.06. The van der Waals surface area contributed by atoms with Crippen LogP contribution in [0.2, 0.25) is 5.02 Å². The van der Waals surface area contributed by atoms with Crippen molar-refractivity contribution in [3.05, 3.63) is 40.4 Å². The highest BCUT2D eigenvalue weighted by molar-refractivity contribution is 6.30. The molecule has 0 N–H and O–H groups in total. The van der Waals surface area contributed by atoms with Crippen molar-refractivity contribution >= 4 is 11.6 Å². The van der Waals surface area contributed by atoms with Gasteiger partial charge in [-0.3, -0.25) is 9.47 Å². The van der Waals surface area contributed by atoms with Crippen molar-refractivity contribution in [3.8, 4) is 11.9 Å². The third-order valence-corrected chi connectivity index (χ3v) is 6.06. The summed E-state index contributed by atoms with van der Waals surface area (Å²) in [6.45, 7) is 3.34. The number of nitriles is 1. The normalized spacial score (nSPS) is 21.0. The molecule has 3 heterocycles. The Kier molecular flexibility index (Phi) is 3.87. The third kappa shape index (κ3) is 2.76. The Morgan fingerprint density at radius 1 is 1.08 bits per heavy atom. The fourth-order valence-corrected chi connectivity index (χ4v) is 4.45. The van der Waals surface area contributed by atoms with Gasteiger partial charge >= 0.3 is 0 Å². The highest BCUT2D eigenvalue weighted by Crippen LogP contribution is 2.36. The number of piperidine rings is 1. The summed E-state index contributed by atoms with van der Waals surface area (Å²) >= 11 is 6.30. The molecule has 6 nitrogen and oxygen atoms in total. The van der Waals surface area contributed by atoms with Gasteiger partial charge in [-0.25, -0.2) is 0 Å². The maximum Gasteiger partial charge on any atom is 0.179 e. The molecule has 134 valence electrons. The van der Waals surface area contributed by atoms with Gasteiger partial charge < -0.3 is 4.90 Å². The Balaban J connectivity index is 1.56. The molecule has 0 amide bonds. The molecule has 0 spiro atoms. The molecule has 26 heavy (non-hydrogen) atoms. The molecule has 0 bridgehead atoms. The smallest absolute Gasteiger partial charge is 0.179 e. The number of hydrogen-bond donors (Lipinski definition) is 0. The average Bonchev–Trinajstić information content (AvgIpc) is 3.45. The number of fused-ring (bicyclic) bond motifs is 3. The average molecular weight is 369 g/mol. The summed E-state index contributed by atoms with van der Waals surface area (Å²) in [6, 6.07) is 6.81. The third-order valence-electron chi connectivity index (χ3n) is 5.82. The van der Waals surface area contributed by atoms with Crippen LogP contribution in [-0.4, -0.2) is 43.7 Å². The van der Waals surface area contributed by atoms with E-state index in [4.69, 9.17) is 16.9 Å². The van der Waals surface area contributed by atoms with E-state index in [-0.39, 0.29) is 0 Å². The van der Waals surface area contributed by atoms with E-state index in [1.54, 1.807) is 0 Å². The molecular weight excluding hydrogens is 348 g/mol. The fourth-order valence-electron chi connectivity index (χ4n) is 4.25. The molecule has 2 aliphatic heterocycles. The Labute approximate surface area is 158 Å². The van der Waals surface area contributed by atoms with E-state index in [1.807, 2.05) is 11.0 Å². The quantitative estimate of drug-likeness (QED) is 0.762. The lowest BCUT2D eigenvalue weighted by Crippen LogP contribution is -2.30. The number of aromatic nitrogens is 3. The number of likely N-dealkylation sites (tertiary alicyclic amines) is 1. The second kappa shape index (κ2) is 6.26. The molecule has 0 unspecified atom stereocenters. The summed E-state index contributed by atoms with van der Waals surface area (Å²) in [7, 11) is 0. The zero-order valence-corrected chi connectivity index (χ0v) is 15.4. The van der Waals surface area contributed by atoms with E-state index in [0.717, 1.165) is 61.4 Å². The molecule has 1 saturated heterocycles. The number of benzene rings is 1. The maximum absolute atomic E-state index is 9.11. The molecule has 3 aliphatic rings. The van der Waals surface area contributed by atoms with Crippen molar-refractivity contribution in [1.29, 1.82) is 5.26 Å². The van der Waals surface area contributed by atoms with E-state index >= 15 is 0 Å². The molecule has 0 radical (unpaired) electrons. The minimum atomic E-state index is 0.344. The molecule has 2 fully saturated rings. The van der Waals surface area contributed by atoms with Crippen molar-refractivity contribution in [3.63, 3.8) is 0 Å². The maximum atomic E-state index is 9.11. The van der Waals surface area contributed by atoms with E-state index in [1.165, 1.54) is 18.4 Å². The molecule has 1 aliphatic carbocycles. The van der Waals surface area contributed by atoms with Gasteiger partial charge in [-0.05, 0) is 49.4 Å². The molecule has 1 aromatic carbocycles. The lowest BCUT2D eigenvalue weighted by atomic mass is 9.96. The Morgan fingerprint density at radius 3 is 2.62 bits per heavy atom. The zero-order valence-electron chi connectivity index (χ0n) is 14.6. The summed E-state index contributed by atoms with van der Waals surface area (Å²) in [5.74, 6) is 2.41. The lowest BCUT2D eigenvalue weighted by molar-refractivity contribution is 0.243. The number of hydrogen-bond acceptors (Lipinski definition) is 5. The van der Waals surface area contributed by atoms with Gasteiger partial charge in [0.25, 0.3) is 0 Å². The van der Waals surface area contributed by atoms with Crippen LogP contribution in [0.25, 0.3) is 5.69 Å². The highest BCUT2D eigenvalue weighted by atomic mass is 35.5. The van der Waals surface area contributed by atoms with Crippen LogP contribution in [0.1, 0.15) is 48.8 Å². The van der Waals surface area contributed by atoms with Gasteiger partial charge in [0.05, 0.1) is 12.2 Å². The second-order valence-electron chi connectivity index (χ2n) is 7.58. The van der Waals surface area contributed by atoms with Crippen LogP contribution >= 0.6 is 11.6 Å². The topological polar surface area (TPSA) is 61.0 Å². The van der Waals surface area contributed by atoms with E-state index < -0.39 is 0 Å². The van der Waals surface area contributed by atoms with Gasteiger partial charge in [-0.15, -0.1) is 10.2 Å². The fraction of sp³-hybridized carbons (Fsp3) is 0.526. The van der Waals surface area contributed by atoms with Crippen LogP contribution in [-0.2, 0) is 13.1 Å². The molecule has 2 aromatic rings. The van der Waals surface area contributed by atoms with Crippen LogP contribution in [0.3, 0.4) is 0 Å². The summed E-state index contributed by atoms with van der Waals surface area (Å²) in [4.78, 5) is 4.34. The van der Waals surface area contributed by atoms with Crippen LogP contribution < -0.4 is 0 Å². The van der Waals surface area contributed by atoms with Gasteiger partial charge in [-0.1, -0.05) is 11.6 Å². The minimum absolute atomic E-state index is 0.344. The first-order chi connectivity index (χ1) is 12.7. The summed E-state index contributed by atoms with van der Waals surface area (Å²) in [5, 5.41) is 19.1. The molecule has 1 aromatic heterocycles. The number of halogens is 1. The van der Waals surface area contributed by atoms with Crippen LogP contribution in [0.5, 0.6) is 0 Å². The molecule has 7 heteroatoms. The van der Waals surface area contributed by atoms with Gasteiger partial charge in [0.15, 0.2) is 12.0 Å². The van der Waals surface area contributed by atoms with Crippen molar-refractivity contribution < 1.29 is 0 Å². The van der Waals surface area contributed by atoms with E-state index in [2.05, 4.69) is 38.0 Å². The first-order valence-electron chi connectivity index (χ1n) is 9.34. The zero-order chi connectivity index (χ0) is 17.7. The largest absolute Gasteiger partial charge is 0.311 e. The number of rotatable bonds is 2. The minimum Gasteiger partial charge on any atom is -0.311 e. The van der Waals surface area contributed by atoms with Crippen LogP contribution in [0, 0.1) is 11.5 Å². The lowest BCUT2D eigenvalue weighted by Gasteiger charge is -2.28. The summed E-state index contributed by atoms with van der Waals surface area (Å²) < 4.78 is 2.26. The van der Waals surface area contributed by atoms with Crippen molar-refractivity contribution in [2.24, 2.45) is 0 Å². The number of nitrogens with zero attached hydrogens (tertiary/aromatic N) is 6. The summed E-state index contributed by atoms with van der Waals surface area (Å²) in [5.41, 5.74) is 2.41. The van der Waals surface area contributed by atoms with Gasteiger partial charge in [0.1, 0.15) is 5.82 Å². The van der Waals surface area contributed by atoms with E-state index in [0.29, 0.717) is 12.0 Å². The van der Waals surface area contributed by atoms with Gasteiger partial charge in [0, 0.05) is 36.6 Å². The second-order valence-corrected chi connectivity index (χ2v) is 8.02. The van der Waals surface area contributed by atoms with Crippen molar-refractivity contribution in [1.82, 2.24) is 24.6 Å². The van der Waals surface area contributed by atoms with E-state index in [9.17, 15) is 0 Å². The predicted molar refractivity (Wildman–Crippen MR) is 97.8 cm³/mol. The monoisotopic (exact) mass is 368 g/mol. The molecular formula is C19H21ClN6. The van der Waals surface area contributed by atoms with Crippen molar-refractivity contribution in [2.75, 3.05) is 13.1 Å². The standard InChI is InChI=1S/C19H21ClN6/c20-15-1-4-17-14(9-15)10-25(16-2-3-16)11-18-22-23-19(26(17)18)13-5-7-24(12-21)8-6-13/h1,4,9,13,16H,2-3,5-8,10-11H2. The SMILES string of the molecule is N#CN1CCC(c2nnc3n2-c2ccc(Cl)cc2CN(C2CC2)C3)CC1. The first kappa shape index (κ1) is 16.1. The first-order valence-corrected chi connectivity index (χ1v) is 9.72. The molecule has 1 saturated carbocycles. The Bertz CT molecular complexity index is 873. The van der Waals surface area contributed by atoms with Crippen molar-refractivity contribution in [2.45, 2.75) is 50.7 Å². The van der Waals surface area contributed by atoms with Gasteiger partial charge in [0.2, 0.25) is 0 Å². The Morgan fingerprint density at radius 2 is 1.88 bits per heavy atom. The highest BCUT2D eigenvalue weighted by Gasteiger charge is 2.35.